The Hall–Kier alpha value is -1.13. The smallest absolute Gasteiger partial charge is 0.133 e. The Morgan fingerprint density at radius 2 is 2.27 bits per heavy atom. The lowest BCUT2D eigenvalue weighted by molar-refractivity contribution is 0.192. The molecular formula is C11H18N2O2. The third kappa shape index (κ3) is 5.34. The summed E-state index contributed by atoms with van der Waals surface area (Å²) in [5.74, 6) is 0.207. The van der Waals surface area contributed by atoms with E-state index < -0.39 is 0 Å². The summed E-state index contributed by atoms with van der Waals surface area (Å²) in [5, 5.41) is 12.3. The zero-order chi connectivity index (χ0) is 10.9. The third-order valence-corrected chi connectivity index (χ3v) is 2.07. The molecule has 0 radical (unpaired) electrons. The Morgan fingerprint density at radius 3 is 2.93 bits per heavy atom. The van der Waals surface area contributed by atoms with Gasteiger partial charge in [0.25, 0.3) is 0 Å². The van der Waals surface area contributed by atoms with E-state index in [1.165, 1.54) is 6.20 Å². The van der Waals surface area contributed by atoms with Crippen LogP contribution in [0.4, 0.5) is 0 Å². The van der Waals surface area contributed by atoms with Crippen LogP contribution in [0.2, 0.25) is 0 Å². The number of ether oxygens (including phenoxy) is 1. The molecule has 4 heteroatoms. The molecule has 0 bridgehead atoms. The SMILES string of the molecule is COCCCCNCc1ccc(O)cn1. The highest BCUT2D eigenvalue weighted by molar-refractivity contribution is 5.17. The van der Waals surface area contributed by atoms with Crippen LogP contribution in [-0.4, -0.2) is 30.4 Å². The zero-order valence-corrected chi connectivity index (χ0v) is 9.07. The van der Waals surface area contributed by atoms with E-state index in [1.54, 1.807) is 13.2 Å². The van der Waals surface area contributed by atoms with Crippen LogP contribution in [-0.2, 0) is 11.3 Å². The van der Waals surface area contributed by atoms with Gasteiger partial charge < -0.3 is 15.2 Å². The van der Waals surface area contributed by atoms with Crippen molar-refractivity contribution in [2.45, 2.75) is 19.4 Å². The van der Waals surface area contributed by atoms with E-state index in [-0.39, 0.29) is 5.75 Å². The first-order valence-corrected chi connectivity index (χ1v) is 5.16. The number of methoxy groups -OCH3 is 1. The number of aromatic nitrogens is 1. The van der Waals surface area contributed by atoms with Gasteiger partial charge in [-0.3, -0.25) is 4.98 Å². The van der Waals surface area contributed by atoms with Gasteiger partial charge in [-0.2, -0.15) is 0 Å². The number of nitrogens with zero attached hydrogens (tertiary/aromatic N) is 1. The highest BCUT2D eigenvalue weighted by atomic mass is 16.5. The molecule has 0 saturated carbocycles. The molecule has 0 atom stereocenters. The van der Waals surface area contributed by atoms with Crippen molar-refractivity contribution in [2.75, 3.05) is 20.3 Å². The average molecular weight is 210 g/mol. The van der Waals surface area contributed by atoms with Gasteiger partial charge in [0.1, 0.15) is 5.75 Å². The Balaban J connectivity index is 2.07. The molecule has 84 valence electrons. The number of unbranched alkanes of at least 4 members (excludes halogenated alkanes) is 1. The number of hydrogen-bond donors (Lipinski definition) is 2. The molecule has 0 aliphatic carbocycles. The molecule has 0 amide bonds. The largest absolute Gasteiger partial charge is 0.506 e. The second kappa shape index (κ2) is 7.20. The number of pyridine rings is 1. The van der Waals surface area contributed by atoms with E-state index >= 15 is 0 Å². The monoisotopic (exact) mass is 210 g/mol. The molecule has 0 saturated heterocycles. The summed E-state index contributed by atoms with van der Waals surface area (Å²) in [6.07, 6.45) is 3.64. The Labute approximate surface area is 90.3 Å². The normalized spacial score (nSPS) is 10.5. The van der Waals surface area contributed by atoms with Crippen molar-refractivity contribution in [1.82, 2.24) is 10.3 Å². The molecule has 0 aliphatic rings. The van der Waals surface area contributed by atoms with Crippen LogP contribution in [0.15, 0.2) is 18.3 Å². The van der Waals surface area contributed by atoms with E-state index in [2.05, 4.69) is 10.3 Å². The van der Waals surface area contributed by atoms with Crippen LogP contribution in [0, 0.1) is 0 Å². The zero-order valence-electron chi connectivity index (χ0n) is 9.07. The lowest BCUT2D eigenvalue weighted by atomic mass is 10.3. The maximum absolute atomic E-state index is 9.03. The number of hydrogen-bond acceptors (Lipinski definition) is 4. The van der Waals surface area contributed by atoms with Crippen LogP contribution in [0.5, 0.6) is 5.75 Å². The summed E-state index contributed by atoms with van der Waals surface area (Å²) in [4.78, 5) is 4.08. The van der Waals surface area contributed by atoms with Gasteiger partial charge in [0.15, 0.2) is 0 Å². The first-order valence-electron chi connectivity index (χ1n) is 5.16. The first kappa shape index (κ1) is 11.9. The maximum atomic E-state index is 9.03. The van der Waals surface area contributed by atoms with Crippen molar-refractivity contribution in [3.05, 3.63) is 24.0 Å². The minimum atomic E-state index is 0.207. The fraction of sp³-hybridized carbons (Fsp3) is 0.545. The number of nitrogens with one attached hydrogen (secondary N) is 1. The lowest BCUT2D eigenvalue weighted by Gasteiger charge is -2.04. The molecule has 1 rings (SSSR count). The number of aromatic hydroxyl groups is 1. The standard InChI is InChI=1S/C11H18N2O2/c1-15-7-3-2-6-12-8-10-4-5-11(14)9-13-10/h4-5,9,12,14H,2-3,6-8H2,1H3. The predicted octanol–water partition coefficient (Wildman–Crippen LogP) is 1.30. The average Bonchev–Trinajstić information content (AvgIpc) is 2.26. The van der Waals surface area contributed by atoms with E-state index in [4.69, 9.17) is 9.84 Å². The topological polar surface area (TPSA) is 54.4 Å². The van der Waals surface area contributed by atoms with E-state index in [0.29, 0.717) is 0 Å². The number of rotatable bonds is 7. The van der Waals surface area contributed by atoms with Gasteiger partial charge in [0, 0.05) is 20.3 Å². The fourth-order valence-electron chi connectivity index (χ4n) is 1.23. The van der Waals surface area contributed by atoms with Crippen LogP contribution in [0.1, 0.15) is 18.5 Å². The third-order valence-electron chi connectivity index (χ3n) is 2.07. The van der Waals surface area contributed by atoms with Gasteiger partial charge in [-0.15, -0.1) is 0 Å². The summed E-state index contributed by atoms with van der Waals surface area (Å²) in [6.45, 7) is 2.53. The van der Waals surface area contributed by atoms with Gasteiger partial charge in [0.2, 0.25) is 0 Å². The van der Waals surface area contributed by atoms with E-state index in [9.17, 15) is 0 Å². The van der Waals surface area contributed by atoms with Gasteiger partial charge in [0.05, 0.1) is 11.9 Å². The fourth-order valence-corrected chi connectivity index (χ4v) is 1.23. The highest BCUT2D eigenvalue weighted by Crippen LogP contribution is 2.05. The van der Waals surface area contributed by atoms with Crippen molar-refractivity contribution in [1.29, 1.82) is 0 Å². The summed E-state index contributed by atoms with van der Waals surface area (Å²) in [5.41, 5.74) is 0.944. The Bertz CT molecular complexity index is 262. The predicted molar refractivity (Wildman–Crippen MR) is 58.7 cm³/mol. The molecule has 0 spiro atoms. The van der Waals surface area contributed by atoms with Crippen molar-refractivity contribution in [3.8, 4) is 5.75 Å². The second-order valence-electron chi connectivity index (χ2n) is 3.38. The van der Waals surface area contributed by atoms with Gasteiger partial charge in [-0.1, -0.05) is 0 Å². The summed E-state index contributed by atoms with van der Waals surface area (Å²) < 4.78 is 4.95. The minimum absolute atomic E-state index is 0.207. The van der Waals surface area contributed by atoms with Crippen molar-refractivity contribution >= 4 is 0 Å². The van der Waals surface area contributed by atoms with E-state index in [0.717, 1.165) is 38.2 Å². The van der Waals surface area contributed by atoms with Gasteiger partial charge in [-0.25, -0.2) is 0 Å². The van der Waals surface area contributed by atoms with E-state index in [1.807, 2.05) is 6.07 Å². The van der Waals surface area contributed by atoms with Crippen molar-refractivity contribution in [2.24, 2.45) is 0 Å². The van der Waals surface area contributed by atoms with Crippen LogP contribution in [0.25, 0.3) is 0 Å². The molecule has 1 heterocycles. The molecule has 0 fully saturated rings. The van der Waals surface area contributed by atoms with Crippen LogP contribution >= 0.6 is 0 Å². The Kier molecular flexibility index (Phi) is 5.73. The maximum Gasteiger partial charge on any atom is 0.133 e. The summed E-state index contributed by atoms with van der Waals surface area (Å²) >= 11 is 0. The minimum Gasteiger partial charge on any atom is -0.506 e. The molecule has 1 aromatic heterocycles. The molecule has 0 aliphatic heterocycles. The van der Waals surface area contributed by atoms with Crippen molar-refractivity contribution < 1.29 is 9.84 Å². The Morgan fingerprint density at radius 1 is 1.40 bits per heavy atom. The van der Waals surface area contributed by atoms with Gasteiger partial charge >= 0.3 is 0 Å². The highest BCUT2D eigenvalue weighted by Gasteiger charge is 1.94. The molecule has 2 N–H and O–H groups in total. The molecule has 0 aromatic carbocycles. The van der Waals surface area contributed by atoms with Crippen LogP contribution < -0.4 is 5.32 Å². The van der Waals surface area contributed by atoms with Crippen molar-refractivity contribution in [3.63, 3.8) is 0 Å². The summed E-state index contributed by atoms with van der Waals surface area (Å²) in [7, 11) is 1.72. The molecule has 4 nitrogen and oxygen atoms in total. The molecule has 15 heavy (non-hydrogen) atoms. The lowest BCUT2D eigenvalue weighted by Crippen LogP contribution is -2.15. The molecular weight excluding hydrogens is 192 g/mol. The molecule has 0 unspecified atom stereocenters. The quantitative estimate of drug-likeness (QED) is 0.666. The first-order chi connectivity index (χ1) is 7.33. The van der Waals surface area contributed by atoms with Crippen LogP contribution in [0.3, 0.4) is 0 Å². The summed E-state index contributed by atoms with van der Waals surface area (Å²) in [6, 6.07) is 3.46. The second-order valence-corrected chi connectivity index (χ2v) is 3.38. The molecule has 1 aromatic rings. The van der Waals surface area contributed by atoms with Gasteiger partial charge in [-0.05, 0) is 31.5 Å².